The molecular weight excluding hydrogens is 224 g/mol. The lowest BCUT2D eigenvalue weighted by Gasteiger charge is -2.23. The van der Waals surface area contributed by atoms with Crippen LogP contribution in [0.15, 0.2) is 0 Å². The van der Waals surface area contributed by atoms with Crippen molar-refractivity contribution in [1.82, 2.24) is 5.32 Å². The van der Waals surface area contributed by atoms with E-state index in [0.29, 0.717) is 6.04 Å². The third-order valence-corrected chi connectivity index (χ3v) is 3.38. The van der Waals surface area contributed by atoms with E-state index in [0.717, 1.165) is 38.4 Å². The molecule has 0 aromatic heterocycles. The van der Waals surface area contributed by atoms with Gasteiger partial charge in [0.25, 0.3) is 0 Å². The van der Waals surface area contributed by atoms with E-state index in [1.165, 1.54) is 19.3 Å². The average molecular weight is 252 g/mol. The van der Waals surface area contributed by atoms with E-state index in [1.807, 2.05) is 6.92 Å². The molecule has 3 nitrogen and oxygen atoms in total. The molecule has 18 heavy (non-hydrogen) atoms. The summed E-state index contributed by atoms with van der Waals surface area (Å²) in [7, 11) is 0. The van der Waals surface area contributed by atoms with Crippen LogP contribution in [0.1, 0.15) is 59.3 Å². The average Bonchev–Trinajstić information content (AvgIpc) is 3.11. The molecule has 1 aliphatic carbocycles. The summed E-state index contributed by atoms with van der Waals surface area (Å²) in [5.41, 5.74) is -0.359. The van der Waals surface area contributed by atoms with Gasteiger partial charge in [-0.05, 0) is 51.4 Å². The van der Waals surface area contributed by atoms with Gasteiger partial charge in [0.2, 0.25) is 0 Å². The molecule has 1 unspecified atom stereocenters. The van der Waals surface area contributed by atoms with Crippen LogP contribution >= 0.6 is 0 Å². The highest BCUT2D eigenvalue weighted by atomic mass is 16.5. The fourth-order valence-corrected chi connectivity index (χ4v) is 2.06. The second-order valence-electron chi connectivity index (χ2n) is 6.11. The third-order valence-electron chi connectivity index (χ3n) is 3.38. The van der Waals surface area contributed by atoms with E-state index in [4.69, 9.17) is 4.74 Å². The van der Waals surface area contributed by atoms with Gasteiger partial charge < -0.3 is 4.74 Å². The summed E-state index contributed by atoms with van der Waals surface area (Å²) in [4.78, 5) is 0. The Kier molecular flexibility index (Phi) is 6.67. The zero-order valence-corrected chi connectivity index (χ0v) is 12.2. The Bertz CT molecular complexity index is 268. The molecule has 1 fully saturated rings. The van der Waals surface area contributed by atoms with E-state index in [9.17, 15) is 5.26 Å². The maximum atomic E-state index is 9.21. The molecule has 1 atom stereocenters. The zero-order chi connectivity index (χ0) is 13.4. The van der Waals surface area contributed by atoms with E-state index in [1.54, 1.807) is 0 Å². The minimum absolute atomic E-state index is 0.359. The summed E-state index contributed by atoms with van der Waals surface area (Å²) in [6.07, 6.45) is 6.67. The van der Waals surface area contributed by atoms with Gasteiger partial charge in [0.1, 0.15) is 5.54 Å². The van der Waals surface area contributed by atoms with E-state index in [2.05, 4.69) is 25.2 Å². The molecule has 0 bridgehead atoms. The molecule has 3 heteroatoms. The Morgan fingerprint density at radius 1 is 1.33 bits per heavy atom. The number of rotatable bonds is 10. The van der Waals surface area contributed by atoms with Crippen molar-refractivity contribution in [1.29, 1.82) is 5.26 Å². The predicted molar refractivity (Wildman–Crippen MR) is 74.3 cm³/mol. The molecule has 0 aromatic carbocycles. The van der Waals surface area contributed by atoms with E-state index < -0.39 is 0 Å². The van der Waals surface area contributed by atoms with Gasteiger partial charge in [0, 0.05) is 19.3 Å². The lowest BCUT2D eigenvalue weighted by Crippen LogP contribution is -2.42. The molecule has 0 aromatic rings. The van der Waals surface area contributed by atoms with Crippen LogP contribution in [-0.2, 0) is 4.74 Å². The van der Waals surface area contributed by atoms with Gasteiger partial charge in [-0.1, -0.05) is 13.8 Å². The van der Waals surface area contributed by atoms with Crippen LogP contribution in [0.25, 0.3) is 0 Å². The molecule has 1 rings (SSSR count). The van der Waals surface area contributed by atoms with Gasteiger partial charge >= 0.3 is 0 Å². The van der Waals surface area contributed by atoms with Crippen LogP contribution < -0.4 is 5.32 Å². The number of nitriles is 1. The van der Waals surface area contributed by atoms with Gasteiger partial charge in [-0.2, -0.15) is 5.26 Å². The smallest absolute Gasteiger partial charge is 0.104 e. The van der Waals surface area contributed by atoms with Crippen LogP contribution in [0.4, 0.5) is 0 Å². The first-order chi connectivity index (χ1) is 8.56. The normalized spacial score (nSPS) is 18.6. The van der Waals surface area contributed by atoms with Crippen LogP contribution in [-0.4, -0.2) is 24.8 Å². The quantitative estimate of drug-likeness (QED) is 0.607. The Morgan fingerprint density at radius 2 is 2.00 bits per heavy atom. The topological polar surface area (TPSA) is 45.0 Å². The molecule has 1 saturated carbocycles. The van der Waals surface area contributed by atoms with Crippen molar-refractivity contribution < 1.29 is 4.74 Å². The Hall–Kier alpha value is -0.590. The molecular formula is C15H28N2O. The molecule has 1 N–H and O–H groups in total. The van der Waals surface area contributed by atoms with E-state index in [-0.39, 0.29) is 5.54 Å². The molecule has 104 valence electrons. The lowest BCUT2D eigenvalue weighted by molar-refractivity contribution is 0.120. The molecule has 0 spiro atoms. The second-order valence-corrected chi connectivity index (χ2v) is 6.11. The van der Waals surface area contributed by atoms with Crippen molar-refractivity contribution >= 4 is 0 Å². The Morgan fingerprint density at radius 3 is 2.56 bits per heavy atom. The lowest BCUT2D eigenvalue weighted by atomic mass is 9.98. The summed E-state index contributed by atoms with van der Waals surface area (Å²) in [6, 6.07) is 2.98. The standard InChI is InChI=1S/C15H28N2O/c1-13(2)6-4-10-18-11-5-9-15(3,12-16)17-14-7-8-14/h13-14,17H,4-11H2,1-3H3. The largest absolute Gasteiger partial charge is 0.381 e. The Balaban J connectivity index is 2.00. The zero-order valence-electron chi connectivity index (χ0n) is 12.2. The van der Waals surface area contributed by atoms with Crippen molar-refractivity contribution in [2.45, 2.75) is 70.9 Å². The van der Waals surface area contributed by atoms with Crippen LogP contribution in [0.3, 0.4) is 0 Å². The first-order valence-electron chi connectivity index (χ1n) is 7.32. The molecule has 0 amide bonds. The fourth-order valence-electron chi connectivity index (χ4n) is 2.06. The minimum Gasteiger partial charge on any atom is -0.381 e. The van der Waals surface area contributed by atoms with Crippen molar-refractivity contribution in [3.8, 4) is 6.07 Å². The Labute approximate surface area is 112 Å². The number of hydrogen-bond donors (Lipinski definition) is 1. The fraction of sp³-hybridized carbons (Fsp3) is 0.933. The minimum atomic E-state index is -0.359. The summed E-state index contributed by atoms with van der Waals surface area (Å²) in [6.45, 7) is 8.12. The van der Waals surface area contributed by atoms with Crippen LogP contribution in [0.5, 0.6) is 0 Å². The SMILES string of the molecule is CC(C)CCCOCCCC(C)(C#N)NC1CC1. The van der Waals surface area contributed by atoms with Gasteiger partial charge in [-0.15, -0.1) is 0 Å². The van der Waals surface area contributed by atoms with Gasteiger partial charge in [-0.3, -0.25) is 5.32 Å². The summed E-state index contributed by atoms with van der Waals surface area (Å²) in [5.74, 6) is 0.762. The molecule has 0 radical (unpaired) electrons. The highest BCUT2D eigenvalue weighted by Gasteiger charge is 2.31. The molecule has 1 aliphatic rings. The second kappa shape index (κ2) is 7.76. The first kappa shape index (κ1) is 15.5. The number of hydrogen-bond acceptors (Lipinski definition) is 3. The van der Waals surface area contributed by atoms with E-state index >= 15 is 0 Å². The maximum absolute atomic E-state index is 9.21. The predicted octanol–water partition coefficient (Wildman–Crippen LogP) is 3.25. The monoisotopic (exact) mass is 252 g/mol. The summed E-state index contributed by atoms with van der Waals surface area (Å²) < 4.78 is 5.61. The van der Waals surface area contributed by atoms with Gasteiger partial charge in [0.05, 0.1) is 6.07 Å². The first-order valence-corrected chi connectivity index (χ1v) is 7.32. The molecule has 0 saturated heterocycles. The number of nitrogens with one attached hydrogen (secondary N) is 1. The van der Waals surface area contributed by atoms with Crippen molar-refractivity contribution in [3.63, 3.8) is 0 Å². The highest BCUT2D eigenvalue weighted by Crippen LogP contribution is 2.24. The highest BCUT2D eigenvalue weighted by molar-refractivity contribution is 5.06. The number of ether oxygens (including phenoxy) is 1. The maximum Gasteiger partial charge on any atom is 0.104 e. The molecule has 0 heterocycles. The molecule has 0 aliphatic heterocycles. The van der Waals surface area contributed by atoms with Crippen LogP contribution in [0.2, 0.25) is 0 Å². The van der Waals surface area contributed by atoms with Gasteiger partial charge in [-0.25, -0.2) is 0 Å². The van der Waals surface area contributed by atoms with Crippen molar-refractivity contribution in [2.24, 2.45) is 5.92 Å². The summed E-state index contributed by atoms with van der Waals surface area (Å²) >= 11 is 0. The van der Waals surface area contributed by atoms with Crippen molar-refractivity contribution in [3.05, 3.63) is 0 Å². The third kappa shape index (κ3) is 6.98. The van der Waals surface area contributed by atoms with Crippen LogP contribution in [0, 0.1) is 17.2 Å². The summed E-state index contributed by atoms with van der Waals surface area (Å²) in [5, 5.41) is 12.6. The van der Waals surface area contributed by atoms with Gasteiger partial charge in [0.15, 0.2) is 0 Å². The van der Waals surface area contributed by atoms with Crippen molar-refractivity contribution in [2.75, 3.05) is 13.2 Å². The number of nitrogens with zero attached hydrogens (tertiary/aromatic N) is 1.